The van der Waals surface area contributed by atoms with Crippen molar-refractivity contribution in [3.05, 3.63) is 89.0 Å². The Morgan fingerprint density at radius 2 is 1.82 bits per heavy atom. The highest BCUT2D eigenvalue weighted by Gasteiger charge is 2.48. The lowest BCUT2D eigenvalue weighted by Crippen LogP contribution is -2.29. The van der Waals surface area contributed by atoms with E-state index in [0.29, 0.717) is 29.9 Å². The second-order valence-corrected chi connectivity index (χ2v) is 7.82. The number of benzene rings is 3. The Bertz CT molecular complexity index is 1310. The van der Waals surface area contributed by atoms with E-state index in [1.165, 1.54) is 18.1 Å². The van der Waals surface area contributed by atoms with Gasteiger partial charge in [0.25, 0.3) is 11.7 Å². The van der Waals surface area contributed by atoms with Crippen molar-refractivity contribution in [1.29, 1.82) is 0 Å². The van der Waals surface area contributed by atoms with Crippen LogP contribution < -0.4 is 14.4 Å². The fourth-order valence-corrected chi connectivity index (χ4v) is 4.42. The van der Waals surface area contributed by atoms with Gasteiger partial charge < -0.3 is 19.7 Å². The number of methoxy groups -OCH3 is 1. The molecule has 5 rings (SSSR count). The first-order chi connectivity index (χ1) is 16.0. The number of aliphatic hydroxyl groups is 1. The van der Waals surface area contributed by atoms with Crippen LogP contribution in [-0.2, 0) is 16.0 Å². The van der Waals surface area contributed by atoms with E-state index in [2.05, 4.69) is 0 Å². The van der Waals surface area contributed by atoms with E-state index in [4.69, 9.17) is 9.47 Å². The van der Waals surface area contributed by atoms with E-state index in [1.54, 1.807) is 60.7 Å². The number of carbonyl (C=O) groups excluding carboxylic acids is 2. The van der Waals surface area contributed by atoms with Crippen molar-refractivity contribution >= 4 is 23.1 Å². The largest absolute Gasteiger partial charge is 0.507 e. The van der Waals surface area contributed by atoms with Gasteiger partial charge in [0.05, 0.1) is 31.0 Å². The Kier molecular flexibility index (Phi) is 5.01. The molecule has 3 aromatic rings. The third-order valence-corrected chi connectivity index (χ3v) is 5.98. The zero-order chi connectivity index (χ0) is 23.1. The van der Waals surface area contributed by atoms with Gasteiger partial charge in [-0.2, -0.15) is 0 Å². The normalized spacial score (nSPS) is 18.8. The number of carbonyl (C=O) groups is 2. The van der Waals surface area contributed by atoms with Crippen LogP contribution in [0.3, 0.4) is 0 Å². The third kappa shape index (κ3) is 3.29. The number of para-hydroxylation sites is 3. The highest BCUT2D eigenvalue weighted by atomic mass is 16.5. The summed E-state index contributed by atoms with van der Waals surface area (Å²) >= 11 is 0. The molecule has 0 bridgehead atoms. The van der Waals surface area contributed by atoms with Gasteiger partial charge in [-0.05, 0) is 42.0 Å². The van der Waals surface area contributed by atoms with Crippen LogP contribution in [0.2, 0.25) is 0 Å². The first kappa shape index (κ1) is 20.6. The van der Waals surface area contributed by atoms with Gasteiger partial charge in [-0.1, -0.05) is 30.3 Å². The summed E-state index contributed by atoms with van der Waals surface area (Å²) in [6, 6.07) is 17.4. The van der Waals surface area contributed by atoms with Gasteiger partial charge in [-0.25, -0.2) is 0 Å². The zero-order valence-electron chi connectivity index (χ0n) is 17.8. The number of nitrogens with zero attached hydrogens (tertiary/aromatic N) is 1. The van der Waals surface area contributed by atoms with Crippen molar-refractivity contribution in [3.8, 4) is 17.2 Å². The lowest BCUT2D eigenvalue weighted by Gasteiger charge is -2.27. The van der Waals surface area contributed by atoms with Crippen molar-refractivity contribution in [2.24, 2.45) is 0 Å². The number of fused-ring (bicyclic) bond motifs is 1. The minimum Gasteiger partial charge on any atom is -0.507 e. The third-order valence-electron chi connectivity index (χ3n) is 5.98. The van der Waals surface area contributed by atoms with Gasteiger partial charge in [0.15, 0.2) is 0 Å². The van der Waals surface area contributed by atoms with Gasteiger partial charge in [0.2, 0.25) is 0 Å². The number of Topliss-reactive ketones (excluding diaryl/α,β-unsaturated/α-hetero) is 1. The van der Waals surface area contributed by atoms with Crippen LogP contribution in [0.1, 0.15) is 22.7 Å². The number of ketones is 1. The number of rotatable bonds is 4. The number of aliphatic hydroxyl groups excluding tert-OH is 1. The second kappa shape index (κ2) is 8.02. The van der Waals surface area contributed by atoms with E-state index in [1.807, 2.05) is 0 Å². The number of phenols is 1. The standard InChI is InChI=1S/C26H21NO6/c1-32-21-9-5-2-6-17(21)23-22(24(29)16-10-11-20-15(14-16)12-13-33-20)25(30)26(31)27(23)18-7-3-4-8-19(18)28/h2-11,14,23,28-29H,12-13H2,1H3/b24-22+. The lowest BCUT2D eigenvalue weighted by atomic mass is 9.93. The van der Waals surface area contributed by atoms with Gasteiger partial charge in [-0.15, -0.1) is 0 Å². The zero-order valence-corrected chi connectivity index (χ0v) is 17.8. The maximum atomic E-state index is 13.3. The number of aromatic hydroxyl groups is 1. The minimum atomic E-state index is -1.00. The number of hydrogen-bond acceptors (Lipinski definition) is 6. The monoisotopic (exact) mass is 443 g/mol. The molecule has 0 saturated carbocycles. The second-order valence-electron chi connectivity index (χ2n) is 7.82. The molecule has 0 radical (unpaired) electrons. The Labute approximate surface area is 190 Å². The molecule has 1 amide bonds. The highest BCUT2D eigenvalue weighted by molar-refractivity contribution is 6.52. The number of anilines is 1. The molecule has 2 N–H and O–H groups in total. The molecular formula is C26H21NO6. The summed E-state index contributed by atoms with van der Waals surface area (Å²) < 4.78 is 11.0. The van der Waals surface area contributed by atoms with E-state index >= 15 is 0 Å². The number of hydrogen-bond donors (Lipinski definition) is 2. The molecule has 0 aromatic heterocycles. The average molecular weight is 443 g/mol. The summed E-state index contributed by atoms with van der Waals surface area (Å²) in [5.41, 5.74) is 1.93. The molecule has 0 spiro atoms. The Hall–Kier alpha value is -4.26. The summed E-state index contributed by atoms with van der Waals surface area (Å²) in [6.07, 6.45) is 0.693. The lowest BCUT2D eigenvalue weighted by molar-refractivity contribution is -0.132. The van der Waals surface area contributed by atoms with Crippen molar-refractivity contribution in [1.82, 2.24) is 0 Å². The van der Waals surface area contributed by atoms with Crippen LogP contribution >= 0.6 is 0 Å². The quantitative estimate of drug-likeness (QED) is 0.360. The first-order valence-corrected chi connectivity index (χ1v) is 10.5. The summed E-state index contributed by atoms with van der Waals surface area (Å²) in [7, 11) is 1.49. The summed E-state index contributed by atoms with van der Waals surface area (Å²) in [6.45, 7) is 0.554. The molecule has 1 saturated heterocycles. The number of amides is 1. The summed E-state index contributed by atoms with van der Waals surface area (Å²) in [5.74, 6) is -0.965. The number of ether oxygens (including phenoxy) is 2. The molecule has 1 atom stereocenters. The van der Waals surface area contributed by atoms with Gasteiger partial charge in [0.1, 0.15) is 23.0 Å². The molecule has 1 unspecified atom stereocenters. The molecule has 2 heterocycles. The summed E-state index contributed by atoms with van der Waals surface area (Å²) in [4.78, 5) is 27.7. The van der Waals surface area contributed by atoms with Gasteiger partial charge in [0, 0.05) is 17.5 Å². The molecule has 166 valence electrons. The van der Waals surface area contributed by atoms with Crippen molar-refractivity contribution in [2.75, 3.05) is 18.6 Å². The summed E-state index contributed by atoms with van der Waals surface area (Å²) in [5, 5.41) is 21.8. The predicted octanol–water partition coefficient (Wildman–Crippen LogP) is 3.96. The molecule has 2 aliphatic heterocycles. The van der Waals surface area contributed by atoms with Crippen LogP contribution in [0, 0.1) is 0 Å². The van der Waals surface area contributed by atoms with Crippen molar-refractivity contribution < 1.29 is 29.3 Å². The maximum absolute atomic E-state index is 13.3. The molecule has 0 aliphatic carbocycles. The number of phenolic OH excluding ortho intramolecular Hbond substituents is 1. The maximum Gasteiger partial charge on any atom is 0.300 e. The van der Waals surface area contributed by atoms with Crippen LogP contribution in [-0.4, -0.2) is 35.6 Å². The molecule has 7 heteroatoms. The Morgan fingerprint density at radius 3 is 2.61 bits per heavy atom. The van der Waals surface area contributed by atoms with Crippen LogP contribution in [0.25, 0.3) is 5.76 Å². The van der Waals surface area contributed by atoms with E-state index in [-0.39, 0.29) is 22.8 Å². The molecule has 2 aliphatic rings. The Balaban J connectivity index is 1.75. The van der Waals surface area contributed by atoms with Crippen molar-refractivity contribution in [2.45, 2.75) is 12.5 Å². The molecule has 7 nitrogen and oxygen atoms in total. The van der Waals surface area contributed by atoms with Crippen LogP contribution in [0.5, 0.6) is 17.2 Å². The van der Waals surface area contributed by atoms with E-state index < -0.39 is 17.7 Å². The Morgan fingerprint density at radius 1 is 1.06 bits per heavy atom. The van der Waals surface area contributed by atoms with Crippen LogP contribution in [0.15, 0.2) is 72.3 Å². The van der Waals surface area contributed by atoms with E-state index in [0.717, 1.165) is 11.3 Å². The smallest absolute Gasteiger partial charge is 0.300 e. The molecule has 1 fully saturated rings. The van der Waals surface area contributed by atoms with Gasteiger partial charge >= 0.3 is 0 Å². The molecule has 33 heavy (non-hydrogen) atoms. The van der Waals surface area contributed by atoms with Crippen molar-refractivity contribution in [3.63, 3.8) is 0 Å². The predicted molar refractivity (Wildman–Crippen MR) is 122 cm³/mol. The fourth-order valence-electron chi connectivity index (χ4n) is 4.42. The molecular weight excluding hydrogens is 422 g/mol. The average Bonchev–Trinajstić information content (AvgIpc) is 3.41. The SMILES string of the molecule is COc1ccccc1C1/C(=C(\O)c2ccc3c(c2)CCO3)C(=O)C(=O)N1c1ccccc1O. The fraction of sp³-hybridized carbons (Fsp3) is 0.154. The van der Waals surface area contributed by atoms with E-state index in [9.17, 15) is 19.8 Å². The highest BCUT2D eigenvalue weighted by Crippen LogP contribution is 2.47. The van der Waals surface area contributed by atoms with Gasteiger partial charge in [-0.3, -0.25) is 14.5 Å². The first-order valence-electron chi connectivity index (χ1n) is 10.5. The van der Waals surface area contributed by atoms with Crippen LogP contribution in [0.4, 0.5) is 5.69 Å². The molecule has 3 aromatic carbocycles. The minimum absolute atomic E-state index is 0.0772. The topological polar surface area (TPSA) is 96.3 Å².